The Morgan fingerprint density at radius 1 is 0.479 bits per heavy atom. The van der Waals surface area contributed by atoms with Crippen molar-refractivity contribution < 1.29 is 58.2 Å². The fourth-order valence-corrected chi connectivity index (χ4v) is 8.18. The molecular formula is C59H100O12. The second-order valence-electron chi connectivity index (χ2n) is 19.2. The summed E-state index contributed by atoms with van der Waals surface area (Å²) in [6, 6.07) is 0. The quantitative estimate of drug-likeness (QED) is 0.0228. The molecule has 0 amide bonds. The lowest BCUT2D eigenvalue weighted by Crippen LogP contribution is -2.61. The largest absolute Gasteiger partial charge is 0.479 e. The number of carbonyl (C=O) groups excluding carboxylic acids is 3. The van der Waals surface area contributed by atoms with Crippen molar-refractivity contribution in [3.05, 3.63) is 60.8 Å². The Labute approximate surface area is 430 Å². The lowest BCUT2D eigenvalue weighted by molar-refractivity contribution is -0.301. The van der Waals surface area contributed by atoms with Gasteiger partial charge in [-0.3, -0.25) is 14.4 Å². The van der Waals surface area contributed by atoms with E-state index in [1.807, 2.05) is 0 Å². The maximum Gasteiger partial charge on any atom is 0.335 e. The van der Waals surface area contributed by atoms with Crippen LogP contribution in [0, 0.1) is 0 Å². The highest BCUT2D eigenvalue weighted by atomic mass is 16.7. The van der Waals surface area contributed by atoms with Gasteiger partial charge in [-0.1, -0.05) is 184 Å². The number of aliphatic hydroxyl groups is 2. The van der Waals surface area contributed by atoms with Crippen molar-refractivity contribution in [1.82, 2.24) is 0 Å². The third-order valence-electron chi connectivity index (χ3n) is 12.5. The van der Waals surface area contributed by atoms with Crippen molar-refractivity contribution in [2.45, 2.75) is 276 Å². The van der Waals surface area contributed by atoms with Crippen molar-refractivity contribution in [2.24, 2.45) is 0 Å². The van der Waals surface area contributed by atoms with Crippen molar-refractivity contribution in [1.29, 1.82) is 0 Å². The van der Waals surface area contributed by atoms with Crippen LogP contribution in [-0.2, 0) is 42.9 Å². The Kier molecular flexibility index (Phi) is 43.7. The van der Waals surface area contributed by atoms with Crippen LogP contribution in [0.25, 0.3) is 0 Å². The molecule has 6 unspecified atom stereocenters. The second kappa shape index (κ2) is 47.4. The highest BCUT2D eigenvalue weighted by Gasteiger charge is 2.50. The van der Waals surface area contributed by atoms with Gasteiger partial charge in [0.25, 0.3) is 0 Å². The monoisotopic (exact) mass is 1000 g/mol. The predicted molar refractivity (Wildman–Crippen MR) is 285 cm³/mol. The van der Waals surface area contributed by atoms with Crippen LogP contribution in [0.1, 0.15) is 239 Å². The number of allylic oxidation sites excluding steroid dienone is 10. The number of carboxylic acid groups (broad SMARTS) is 1. The van der Waals surface area contributed by atoms with Gasteiger partial charge in [0.15, 0.2) is 24.6 Å². The van der Waals surface area contributed by atoms with Crippen molar-refractivity contribution in [3.8, 4) is 0 Å². The molecule has 6 atom stereocenters. The fraction of sp³-hybridized carbons (Fsp3) is 0.763. The summed E-state index contributed by atoms with van der Waals surface area (Å²) in [7, 11) is 0. The topological polar surface area (TPSA) is 175 Å². The molecule has 1 saturated heterocycles. The first-order chi connectivity index (χ1) is 34.6. The molecule has 3 N–H and O–H groups in total. The van der Waals surface area contributed by atoms with E-state index in [0.29, 0.717) is 19.3 Å². The van der Waals surface area contributed by atoms with E-state index in [1.54, 1.807) is 0 Å². The molecule has 1 aliphatic rings. The molecule has 0 saturated carbocycles. The molecule has 0 aliphatic carbocycles. The lowest BCUT2D eigenvalue weighted by Gasteiger charge is -2.40. The van der Waals surface area contributed by atoms with E-state index in [9.17, 15) is 34.5 Å². The lowest BCUT2D eigenvalue weighted by atomic mass is 9.98. The number of esters is 3. The standard InChI is InChI=1S/C59H100O12/c1-4-7-10-13-16-19-22-24-26-28-31-33-36-39-42-45-51(60)67-48-50(69-52(61)46-43-40-37-34-30-21-18-15-12-9-6-3)49-68-59-57(55(64)54(63)56(71-59)58(65)66)70-53(62)47-44-41-38-35-32-29-27-25-23-20-17-14-11-8-5-2/h7,10,15-16,18-19,24-27,50,54-57,59,63-64H,4-6,8-9,11-14,17,20-23,28-49H2,1-3H3,(H,65,66)/b10-7-,18-15-,19-16-,26-24-,27-25-. The number of ether oxygens (including phenoxy) is 5. The van der Waals surface area contributed by atoms with Gasteiger partial charge in [0.1, 0.15) is 18.8 Å². The Balaban J connectivity index is 2.71. The minimum Gasteiger partial charge on any atom is -0.479 e. The third kappa shape index (κ3) is 37.8. The highest BCUT2D eigenvalue weighted by Crippen LogP contribution is 2.26. The Bertz CT molecular complexity index is 1470. The van der Waals surface area contributed by atoms with Gasteiger partial charge in [-0.15, -0.1) is 0 Å². The Morgan fingerprint density at radius 3 is 1.41 bits per heavy atom. The smallest absolute Gasteiger partial charge is 0.335 e. The molecule has 12 nitrogen and oxygen atoms in total. The summed E-state index contributed by atoms with van der Waals surface area (Å²) < 4.78 is 28.3. The Hall–Kier alpha value is -3.58. The van der Waals surface area contributed by atoms with Crippen LogP contribution in [0.5, 0.6) is 0 Å². The van der Waals surface area contributed by atoms with Gasteiger partial charge in [-0.25, -0.2) is 4.79 Å². The van der Waals surface area contributed by atoms with Gasteiger partial charge in [-0.05, 0) is 96.3 Å². The first-order valence-electron chi connectivity index (χ1n) is 28.3. The summed E-state index contributed by atoms with van der Waals surface area (Å²) in [6.45, 7) is 5.80. The van der Waals surface area contributed by atoms with E-state index in [-0.39, 0.29) is 25.9 Å². The zero-order valence-corrected chi connectivity index (χ0v) is 44.7. The summed E-state index contributed by atoms with van der Waals surface area (Å²) in [4.78, 5) is 51.0. The SMILES string of the molecule is CC/C=C\C/C=C\C/C=C\CCCCCCCC(=O)OCC(COC1OC(C(=O)O)C(O)C(O)C1OC(=O)CCCCCCC/C=C\CCCCCCCC)OC(=O)CCCCCCC/C=C\CCCC. The molecule has 0 bridgehead atoms. The minimum atomic E-state index is -1.91. The fourth-order valence-electron chi connectivity index (χ4n) is 8.18. The van der Waals surface area contributed by atoms with Crippen LogP contribution < -0.4 is 0 Å². The zero-order chi connectivity index (χ0) is 51.8. The molecule has 0 spiro atoms. The molecule has 1 fully saturated rings. The van der Waals surface area contributed by atoms with Gasteiger partial charge < -0.3 is 39.0 Å². The molecule has 0 radical (unpaired) electrons. The van der Waals surface area contributed by atoms with Crippen LogP contribution in [0.4, 0.5) is 0 Å². The second-order valence-corrected chi connectivity index (χ2v) is 19.2. The first-order valence-corrected chi connectivity index (χ1v) is 28.3. The van der Waals surface area contributed by atoms with Gasteiger partial charge >= 0.3 is 23.9 Å². The predicted octanol–water partition coefficient (Wildman–Crippen LogP) is 14.0. The highest BCUT2D eigenvalue weighted by molar-refractivity contribution is 5.74. The molecule has 12 heteroatoms. The maximum atomic E-state index is 13.1. The molecule has 1 heterocycles. The minimum absolute atomic E-state index is 0.0476. The number of hydrogen-bond donors (Lipinski definition) is 3. The number of rotatable bonds is 47. The van der Waals surface area contributed by atoms with E-state index in [2.05, 4.69) is 81.5 Å². The average molecular weight is 1000 g/mol. The molecule has 0 aromatic rings. The molecule has 0 aromatic carbocycles. The maximum absolute atomic E-state index is 13.1. The van der Waals surface area contributed by atoms with E-state index in [4.69, 9.17) is 23.7 Å². The number of hydrogen-bond acceptors (Lipinski definition) is 11. The number of aliphatic carboxylic acids is 1. The van der Waals surface area contributed by atoms with E-state index >= 15 is 0 Å². The molecular weight excluding hydrogens is 901 g/mol. The summed E-state index contributed by atoms with van der Waals surface area (Å²) in [5.74, 6) is -3.16. The zero-order valence-electron chi connectivity index (χ0n) is 44.7. The summed E-state index contributed by atoms with van der Waals surface area (Å²) >= 11 is 0. The van der Waals surface area contributed by atoms with Gasteiger partial charge in [-0.2, -0.15) is 0 Å². The first kappa shape index (κ1) is 65.4. The van der Waals surface area contributed by atoms with Crippen molar-refractivity contribution in [3.63, 3.8) is 0 Å². The van der Waals surface area contributed by atoms with Crippen molar-refractivity contribution in [2.75, 3.05) is 13.2 Å². The van der Waals surface area contributed by atoms with Gasteiger partial charge in [0.2, 0.25) is 0 Å². The molecule has 408 valence electrons. The number of carbonyl (C=O) groups is 4. The number of carboxylic acids is 1. The van der Waals surface area contributed by atoms with E-state index in [1.165, 1.54) is 51.4 Å². The van der Waals surface area contributed by atoms with Crippen LogP contribution in [0.3, 0.4) is 0 Å². The average Bonchev–Trinajstić information content (AvgIpc) is 3.35. The Morgan fingerprint density at radius 2 is 0.901 bits per heavy atom. The van der Waals surface area contributed by atoms with Gasteiger partial charge in [0.05, 0.1) is 6.61 Å². The summed E-state index contributed by atoms with van der Waals surface area (Å²) in [6.07, 6.45) is 44.8. The van der Waals surface area contributed by atoms with Crippen LogP contribution >= 0.6 is 0 Å². The van der Waals surface area contributed by atoms with Crippen LogP contribution in [0.2, 0.25) is 0 Å². The van der Waals surface area contributed by atoms with Crippen LogP contribution in [-0.4, -0.2) is 89.2 Å². The van der Waals surface area contributed by atoms with Gasteiger partial charge in [0, 0.05) is 19.3 Å². The summed E-state index contributed by atoms with van der Waals surface area (Å²) in [5, 5.41) is 31.4. The normalized spacial score (nSPS) is 18.9. The summed E-state index contributed by atoms with van der Waals surface area (Å²) in [5.41, 5.74) is 0. The molecule has 1 rings (SSSR count). The molecule has 0 aromatic heterocycles. The molecule has 71 heavy (non-hydrogen) atoms. The number of unbranched alkanes of at least 4 members (excludes halogenated alkanes) is 23. The van der Waals surface area contributed by atoms with E-state index < -0.39 is 67.3 Å². The van der Waals surface area contributed by atoms with E-state index in [0.717, 1.165) is 128 Å². The third-order valence-corrected chi connectivity index (χ3v) is 12.5. The van der Waals surface area contributed by atoms with Crippen molar-refractivity contribution >= 4 is 23.9 Å². The molecule has 1 aliphatic heterocycles. The van der Waals surface area contributed by atoms with Crippen LogP contribution in [0.15, 0.2) is 60.8 Å². The number of aliphatic hydroxyl groups excluding tert-OH is 2.